The summed E-state index contributed by atoms with van der Waals surface area (Å²) in [4.78, 5) is 17.3. The van der Waals surface area contributed by atoms with E-state index in [0.29, 0.717) is 11.6 Å². The van der Waals surface area contributed by atoms with E-state index >= 15 is 0 Å². The molecule has 1 N–H and O–H groups in total. The maximum Gasteiger partial charge on any atom is 0.270 e. The number of nitrogens with zero attached hydrogens (tertiary/aromatic N) is 3. The molecule has 1 amide bonds. The van der Waals surface area contributed by atoms with Crippen molar-refractivity contribution in [3.63, 3.8) is 0 Å². The van der Waals surface area contributed by atoms with E-state index in [9.17, 15) is 4.79 Å². The van der Waals surface area contributed by atoms with Gasteiger partial charge in [0.15, 0.2) is 0 Å². The molecule has 0 bridgehead atoms. The maximum absolute atomic E-state index is 12.1. The monoisotopic (exact) mass is 302 g/mol. The second kappa shape index (κ2) is 6.01. The Morgan fingerprint density at radius 1 is 1.38 bits per heavy atom. The summed E-state index contributed by atoms with van der Waals surface area (Å²) in [7, 11) is 0. The number of oxime groups is 1. The summed E-state index contributed by atoms with van der Waals surface area (Å²) in [5, 5.41) is 16.0. The number of carbonyl (C=O) groups excluding carboxylic acids is 1. The molecule has 1 unspecified atom stereocenters. The van der Waals surface area contributed by atoms with Gasteiger partial charge < -0.3 is 4.84 Å². The largest absolute Gasteiger partial charge is 0.382 e. The number of benzene rings is 1. The third-order valence-electron chi connectivity index (χ3n) is 3.07. The van der Waals surface area contributed by atoms with Crippen LogP contribution in [-0.2, 0) is 16.1 Å². The van der Waals surface area contributed by atoms with Gasteiger partial charge >= 0.3 is 0 Å². The molecular formula is C14H14N4O2S. The molecule has 0 radical (unpaired) electrons. The van der Waals surface area contributed by atoms with Crippen molar-refractivity contribution in [1.29, 1.82) is 0 Å². The van der Waals surface area contributed by atoms with Gasteiger partial charge in [-0.1, -0.05) is 53.7 Å². The first kappa shape index (κ1) is 13.7. The topological polar surface area (TPSA) is 76.5 Å². The Morgan fingerprint density at radius 3 is 2.90 bits per heavy atom. The van der Waals surface area contributed by atoms with Gasteiger partial charge in [-0.05, 0) is 12.0 Å². The van der Waals surface area contributed by atoms with Gasteiger partial charge in [0.1, 0.15) is 5.01 Å². The second-order valence-electron chi connectivity index (χ2n) is 4.55. The quantitative estimate of drug-likeness (QED) is 0.939. The third-order valence-corrected chi connectivity index (χ3v) is 4.05. The highest BCUT2D eigenvalue weighted by Gasteiger charge is 2.29. The van der Waals surface area contributed by atoms with E-state index in [4.69, 9.17) is 4.84 Å². The Balaban J connectivity index is 1.61. The second-order valence-corrected chi connectivity index (χ2v) is 5.61. The average molecular weight is 302 g/mol. The molecule has 21 heavy (non-hydrogen) atoms. The minimum atomic E-state index is -0.616. The lowest BCUT2D eigenvalue weighted by Gasteiger charge is -2.06. The van der Waals surface area contributed by atoms with Gasteiger partial charge in [-0.3, -0.25) is 10.1 Å². The van der Waals surface area contributed by atoms with Gasteiger partial charge in [-0.25, -0.2) is 0 Å². The van der Waals surface area contributed by atoms with E-state index in [1.807, 2.05) is 37.3 Å². The van der Waals surface area contributed by atoms with Crippen LogP contribution < -0.4 is 5.32 Å². The van der Waals surface area contributed by atoms with Crippen molar-refractivity contribution >= 4 is 28.1 Å². The normalized spacial score (nSPS) is 17.2. The third kappa shape index (κ3) is 3.08. The molecule has 1 aromatic carbocycles. The van der Waals surface area contributed by atoms with Crippen molar-refractivity contribution in [2.24, 2.45) is 5.16 Å². The van der Waals surface area contributed by atoms with Crippen LogP contribution in [0.15, 0.2) is 35.5 Å². The molecule has 1 aliphatic heterocycles. The van der Waals surface area contributed by atoms with Crippen molar-refractivity contribution < 1.29 is 9.63 Å². The molecule has 7 heteroatoms. The highest BCUT2D eigenvalue weighted by molar-refractivity contribution is 7.15. The van der Waals surface area contributed by atoms with Crippen LogP contribution in [0.25, 0.3) is 0 Å². The van der Waals surface area contributed by atoms with Crippen LogP contribution in [0.3, 0.4) is 0 Å². The fourth-order valence-corrected chi connectivity index (χ4v) is 2.63. The number of aryl methyl sites for hydroxylation is 1. The summed E-state index contributed by atoms with van der Waals surface area (Å²) in [6, 6.07) is 9.68. The lowest BCUT2D eigenvalue weighted by molar-refractivity contribution is -0.125. The first-order chi connectivity index (χ1) is 10.3. The molecular weight excluding hydrogens is 288 g/mol. The van der Waals surface area contributed by atoms with Gasteiger partial charge in [0.25, 0.3) is 5.91 Å². The maximum atomic E-state index is 12.1. The predicted octanol–water partition coefficient (Wildman–Crippen LogP) is 2.23. The van der Waals surface area contributed by atoms with E-state index in [-0.39, 0.29) is 5.91 Å². The smallest absolute Gasteiger partial charge is 0.270 e. The van der Waals surface area contributed by atoms with Crippen LogP contribution in [0.4, 0.5) is 5.13 Å². The summed E-state index contributed by atoms with van der Waals surface area (Å²) < 4.78 is 0. The molecule has 3 rings (SSSR count). The van der Waals surface area contributed by atoms with Crippen molar-refractivity contribution in [2.75, 3.05) is 5.32 Å². The highest BCUT2D eigenvalue weighted by atomic mass is 32.1. The van der Waals surface area contributed by atoms with E-state index in [1.54, 1.807) is 0 Å². The first-order valence-electron chi connectivity index (χ1n) is 6.67. The molecule has 1 aliphatic rings. The molecule has 0 saturated carbocycles. The number of amides is 1. The van der Waals surface area contributed by atoms with Crippen molar-refractivity contribution in [3.05, 3.63) is 40.9 Å². The zero-order valence-electron chi connectivity index (χ0n) is 11.4. The Hall–Kier alpha value is -2.28. The standard InChI is InChI=1S/C14H14N4O2S/c1-2-12-16-17-14(21-12)15-13(19)11-8-10(18-20-11)9-6-4-3-5-7-9/h3-7,11H,2,8H2,1H3,(H,15,17,19). The molecule has 108 valence electrons. The van der Waals surface area contributed by atoms with E-state index in [0.717, 1.165) is 22.7 Å². The lowest BCUT2D eigenvalue weighted by atomic mass is 10.1. The zero-order chi connectivity index (χ0) is 14.7. The molecule has 1 atom stereocenters. The van der Waals surface area contributed by atoms with Gasteiger partial charge in [0, 0.05) is 6.42 Å². The number of anilines is 1. The Labute approximate surface area is 125 Å². The number of aromatic nitrogens is 2. The van der Waals surface area contributed by atoms with E-state index in [2.05, 4.69) is 20.7 Å². The summed E-state index contributed by atoms with van der Waals surface area (Å²) >= 11 is 1.37. The van der Waals surface area contributed by atoms with E-state index < -0.39 is 6.10 Å². The average Bonchev–Trinajstić information content (AvgIpc) is 3.17. The Morgan fingerprint density at radius 2 is 2.19 bits per heavy atom. The van der Waals surface area contributed by atoms with Crippen molar-refractivity contribution in [1.82, 2.24) is 10.2 Å². The van der Waals surface area contributed by atoms with Crippen molar-refractivity contribution in [2.45, 2.75) is 25.9 Å². The Kier molecular flexibility index (Phi) is 3.92. The van der Waals surface area contributed by atoms with Crippen LogP contribution in [0, 0.1) is 0 Å². The van der Waals surface area contributed by atoms with E-state index in [1.165, 1.54) is 11.3 Å². The van der Waals surface area contributed by atoms with Crippen LogP contribution >= 0.6 is 11.3 Å². The summed E-state index contributed by atoms with van der Waals surface area (Å²) in [6.07, 6.45) is 0.637. The first-order valence-corrected chi connectivity index (χ1v) is 7.49. The summed E-state index contributed by atoms with van der Waals surface area (Å²) in [5.74, 6) is -0.247. The molecule has 0 aliphatic carbocycles. The summed E-state index contributed by atoms with van der Waals surface area (Å²) in [6.45, 7) is 1.99. The fourth-order valence-electron chi connectivity index (χ4n) is 1.95. The Bertz CT molecular complexity index is 669. The molecule has 2 heterocycles. The van der Waals surface area contributed by atoms with Crippen LogP contribution in [-0.4, -0.2) is 27.9 Å². The number of hydrogen-bond acceptors (Lipinski definition) is 6. The van der Waals surface area contributed by atoms with Gasteiger partial charge in [0.05, 0.1) is 5.71 Å². The number of carbonyl (C=O) groups is 1. The zero-order valence-corrected chi connectivity index (χ0v) is 12.3. The van der Waals surface area contributed by atoms with Gasteiger partial charge in [-0.15, -0.1) is 10.2 Å². The number of hydrogen-bond donors (Lipinski definition) is 1. The molecule has 1 aromatic heterocycles. The highest BCUT2D eigenvalue weighted by Crippen LogP contribution is 2.20. The molecule has 6 nitrogen and oxygen atoms in total. The number of nitrogens with one attached hydrogen (secondary N) is 1. The lowest BCUT2D eigenvalue weighted by Crippen LogP contribution is -2.28. The van der Waals surface area contributed by atoms with Crippen LogP contribution in [0.5, 0.6) is 0 Å². The van der Waals surface area contributed by atoms with Gasteiger partial charge in [-0.2, -0.15) is 0 Å². The molecule has 2 aromatic rings. The fraction of sp³-hybridized carbons (Fsp3) is 0.286. The minimum Gasteiger partial charge on any atom is -0.382 e. The minimum absolute atomic E-state index is 0.247. The molecule has 0 fully saturated rings. The van der Waals surface area contributed by atoms with Crippen LogP contribution in [0.2, 0.25) is 0 Å². The van der Waals surface area contributed by atoms with Crippen molar-refractivity contribution in [3.8, 4) is 0 Å². The SMILES string of the molecule is CCc1nnc(NC(=O)C2CC(c3ccccc3)=NO2)s1. The molecule has 0 spiro atoms. The van der Waals surface area contributed by atoms with Gasteiger partial charge in [0.2, 0.25) is 11.2 Å². The van der Waals surface area contributed by atoms with Crippen LogP contribution in [0.1, 0.15) is 23.9 Å². The summed E-state index contributed by atoms with van der Waals surface area (Å²) in [5.41, 5.74) is 1.75. The number of rotatable bonds is 4. The molecule has 0 saturated heterocycles. The predicted molar refractivity (Wildman–Crippen MR) is 80.4 cm³/mol.